The van der Waals surface area contributed by atoms with Crippen molar-refractivity contribution in [3.8, 4) is 11.3 Å². The van der Waals surface area contributed by atoms with Crippen LogP contribution in [-0.2, 0) is 0 Å². The van der Waals surface area contributed by atoms with Crippen molar-refractivity contribution in [2.45, 2.75) is 0 Å². The summed E-state index contributed by atoms with van der Waals surface area (Å²) in [7, 11) is 0. The Morgan fingerprint density at radius 1 is 0.962 bits per heavy atom. The fourth-order valence-electron chi connectivity index (χ4n) is 2.57. The normalized spacial score (nSPS) is 11.2. The number of aliphatic imine (C=N–C) groups is 1. The van der Waals surface area contributed by atoms with Gasteiger partial charge in [0, 0.05) is 47.7 Å². The van der Waals surface area contributed by atoms with Crippen LogP contribution < -0.4 is 4.90 Å². The third-order valence-electron chi connectivity index (χ3n) is 3.93. The Balaban J connectivity index is 1.66. The first-order valence-electron chi connectivity index (χ1n) is 8.30. The summed E-state index contributed by atoms with van der Waals surface area (Å²) in [5.41, 5.74) is 7.03. The maximum absolute atomic E-state index is 5.87. The van der Waals surface area contributed by atoms with Gasteiger partial charge in [0.25, 0.3) is 0 Å². The number of rotatable bonds is 8. The zero-order valence-corrected chi connectivity index (χ0v) is 16.5. The van der Waals surface area contributed by atoms with E-state index in [-0.39, 0.29) is 0 Å². The quantitative estimate of drug-likeness (QED) is 0.348. The molecule has 0 fully saturated rings. The van der Waals surface area contributed by atoms with E-state index < -0.39 is 0 Å². The number of thiazole rings is 1. The molecule has 26 heavy (non-hydrogen) atoms. The Labute approximate surface area is 167 Å². The molecule has 2 aromatic carbocycles. The molecule has 0 aliphatic carbocycles. The molecule has 0 unspecified atom stereocenters. The first-order chi connectivity index (χ1) is 12.8. The lowest BCUT2D eigenvalue weighted by Gasteiger charge is -2.22. The van der Waals surface area contributed by atoms with Crippen LogP contribution in [0.15, 0.2) is 64.4 Å². The molecule has 0 spiro atoms. The Morgan fingerprint density at radius 3 is 2.23 bits per heavy atom. The second kappa shape index (κ2) is 9.72. The fourth-order valence-corrected chi connectivity index (χ4v) is 3.54. The van der Waals surface area contributed by atoms with Crippen molar-refractivity contribution in [2.75, 3.05) is 29.7 Å². The zero-order chi connectivity index (χ0) is 18.2. The molecule has 0 bridgehead atoms. The van der Waals surface area contributed by atoms with Crippen molar-refractivity contribution in [3.63, 3.8) is 0 Å². The highest BCUT2D eigenvalue weighted by Crippen LogP contribution is 2.22. The monoisotopic (exact) mass is 403 g/mol. The molecule has 0 saturated carbocycles. The fraction of sp³-hybridized carbons (Fsp3) is 0.200. The van der Waals surface area contributed by atoms with E-state index in [1.54, 1.807) is 11.3 Å². The zero-order valence-electron chi connectivity index (χ0n) is 14.2. The molecular weight excluding hydrogens is 385 g/mol. The highest BCUT2D eigenvalue weighted by atomic mass is 35.5. The van der Waals surface area contributed by atoms with Crippen LogP contribution in [0.5, 0.6) is 0 Å². The maximum atomic E-state index is 5.87. The van der Waals surface area contributed by atoms with Gasteiger partial charge >= 0.3 is 0 Å². The first kappa shape index (κ1) is 18.9. The Hall–Kier alpha value is -1.88. The van der Waals surface area contributed by atoms with Crippen LogP contribution in [0.25, 0.3) is 11.3 Å². The standard InChI is InChI=1S/C20H19Cl2N3S/c21-9-11-25(12-10-22)19-7-1-16(2-8-19)13-23-18-5-3-17(4-6-18)20-14-26-15-24-20/h1-8,13-15H,9-12H2. The van der Waals surface area contributed by atoms with E-state index in [4.69, 9.17) is 23.2 Å². The van der Waals surface area contributed by atoms with Gasteiger partial charge < -0.3 is 4.90 Å². The minimum Gasteiger partial charge on any atom is -0.369 e. The van der Waals surface area contributed by atoms with Gasteiger partial charge in [0.05, 0.1) is 16.9 Å². The molecule has 134 valence electrons. The van der Waals surface area contributed by atoms with Crippen LogP contribution in [0, 0.1) is 0 Å². The predicted octanol–water partition coefficient (Wildman–Crippen LogP) is 5.84. The summed E-state index contributed by atoms with van der Waals surface area (Å²) < 4.78 is 0. The van der Waals surface area contributed by atoms with E-state index in [0.717, 1.165) is 41.3 Å². The number of nitrogens with zero attached hydrogens (tertiary/aromatic N) is 3. The summed E-state index contributed by atoms with van der Waals surface area (Å²) in [5, 5.41) is 2.04. The van der Waals surface area contributed by atoms with E-state index >= 15 is 0 Å². The number of hydrogen-bond donors (Lipinski definition) is 0. The van der Waals surface area contributed by atoms with Crippen molar-refractivity contribution >= 4 is 52.1 Å². The SMILES string of the molecule is ClCCN(CCCl)c1ccc(C=Nc2ccc(-c3cscn3)cc2)cc1. The Bertz CT molecular complexity index is 809. The molecule has 0 amide bonds. The van der Waals surface area contributed by atoms with Gasteiger partial charge in [-0.25, -0.2) is 4.98 Å². The third-order valence-corrected chi connectivity index (χ3v) is 4.85. The third kappa shape index (κ3) is 5.07. The predicted molar refractivity (Wildman–Crippen MR) is 115 cm³/mol. The molecule has 0 aliphatic heterocycles. The van der Waals surface area contributed by atoms with Gasteiger partial charge in [0.2, 0.25) is 0 Å². The molecule has 1 aromatic heterocycles. The van der Waals surface area contributed by atoms with Crippen molar-refractivity contribution in [1.82, 2.24) is 4.98 Å². The van der Waals surface area contributed by atoms with E-state index in [2.05, 4.69) is 39.1 Å². The average Bonchev–Trinajstić information content (AvgIpc) is 3.22. The second-order valence-corrected chi connectivity index (χ2v) is 7.11. The van der Waals surface area contributed by atoms with Gasteiger partial charge in [-0.3, -0.25) is 4.99 Å². The van der Waals surface area contributed by atoms with Crippen LogP contribution in [0.2, 0.25) is 0 Å². The van der Waals surface area contributed by atoms with Gasteiger partial charge in [0.15, 0.2) is 0 Å². The van der Waals surface area contributed by atoms with Crippen LogP contribution in [0.4, 0.5) is 11.4 Å². The second-order valence-electron chi connectivity index (χ2n) is 5.64. The van der Waals surface area contributed by atoms with Crippen LogP contribution in [-0.4, -0.2) is 36.0 Å². The number of aromatic nitrogens is 1. The van der Waals surface area contributed by atoms with Crippen molar-refractivity contribution in [2.24, 2.45) is 4.99 Å². The molecule has 0 atom stereocenters. The lowest BCUT2D eigenvalue weighted by atomic mass is 10.1. The van der Waals surface area contributed by atoms with Gasteiger partial charge in [-0.2, -0.15) is 0 Å². The molecule has 6 heteroatoms. The summed E-state index contributed by atoms with van der Waals surface area (Å²) in [6, 6.07) is 16.3. The van der Waals surface area contributed by atoms with Crippen LogP contribution in [0.1, 0.15) is 5.56 Å². The number of halogens is 2. The van der Waals surface area contributed by atoms with Gasteiger partial charge in [-0.05, 0) is 29.8 Å². The minimum absolute atomic E-state index is 0.580. The van der Waals surface area contributed by atoms with E-state index in [1.165, 1.54) is 0 Å². The minimum atomic E-state index is 0.580. The van der Waals surface area contributed by atoms with Crippen molar-refractivity contribution in [3.05, 3.63) is 65.0 Å². The van der Waals surface area contributed by atoms with E-state index in [0.29, 0.717) is 11.8 Å². The summed E-state index contributed by atoms with van der Waals surface area (Å²) in [4.78, 5) is 11.0. The highest BCUT2D eigenvalue weighted by Gasteiger charge is 2.04. The molecule has 3 nitrogen and oxygen atoms in total. The van der Waals surface area contributed by atoms with Crippen LogP contribution in [0.3, 0.4) is 0 Å². The van der Waals surface area contributed by atoms with E-state index in [1.807, 2.05) is 41.4 Å². The largest absolute Gasteiger partial charge is 0.369 e. The molecule has 0 radical (unpaired) electrons. The smallest absolute Gasteiger partial charge is 0.0811 e. The molecule has 0 saturated heterocycles. The van der Waals surface area contributed by atoms with Gasteiger partial charge in [-0.1, -0.05) is 24.3 Å². The molecule has 1 heterocycles. The molecule has 0 N–H and O–H groups in total. The molecule has 3 aromatic rings. The Kier molecular flexibility index (Phi) is 7.06. The molecule has 0 aliphatic rings. The van der Waals surface area contributed by atoms with E-state index in [9.17, 15) is 0 Å². The maximum Gasteiger partial charge on any atom is 0.0811 e. The average molecular weight is 404 g/mol. The topological polar surface area (TPSA) is 28.5 Å². The lowest BCUT2D eigenvalue weighted by molar-refractivity contribution is 0.874. The molecular formula is C20H19Cl2N3S. The highest BCUT2D eigenvalue weighted by molar-refractivity contribution is 7.07. The number of alkyl halides is 2. The summed E-state index contributed by atoms with van der Waals surface area (Å²) in [6.45, 7) is 1.57. The van der Waals surface area contributed by atoms with Crippen molar-refractivity contribution < 1.29 is 0 Å². The first-order valence-corrected chi connectivity index (χ1v) is 10.3. The number of anilines is 1. The summed E-state index contributed by atoms with van der Waals surface area (Å²) >= 11 is 13.3. The summed E-state index contributed by atoms with van der Waals surface area (Å²) in [6.07, 6.45) is 1.87. The number of benzene rings is 2. The number of hydrogen-bond acceptors (Lipinski definition) is 4. The van der Waals surface area contributed by atoms with Crippen LogP contribution >= 0.6 is 34.5 Å². The Morgan fingerprint density at radius 2 is 1.65 bits per heavy atom. The van der Waals surface area contributed by atoms with Crippen molar-refractivity contribution in [1.29, 1.82) is 0 Å². The van der Waals surface area contributed by atoms with Gasteiger partial charge in [0.1, 0.15) is 0 Å². The lowest BCUT2D eigenvalue weighted by Crippen LogP contribution is -2.27. The summed E-state index contributed by atoms with van der Waals surface area (Å²) in [5.74, 6) is 1.16. The van der Waals surface area contributed by atoms with Gasteiger partial charge in [-0.15, -0.1) is 34.5 Å². The molecule has 3 rings (SSSR count).